The van der Waals surface area contributed by atoms with Crippen molar-refractivity contribution >= 4 is 0 Å². The van der Waals surface area contributed by atoms with Gasteiger partial charge in [-0.2, -0.15) is 0 Å². The van der Waals surface area contributed by atoms with Gasteiger partial charge in [-0.3, -0.25) is 0 Å². The summed E-state index contributed by atoms with van der Waals surface area (Å²) in [5, 5.41) is 13.3. The summed E-state index contributed by atoms with van der Waals surface area (Å²) < 4.78 is 10.9. The van der Waals surface area contributed by atoms with Crippen molar-refractivity contribution in [1.29, 1.82) is 0 Å². The monoisotopic (exact) mass is 247 g/mol. The van der Waals surface area contributed by atoms with E-state index in [-0.39, 0.29) is 11.8 Å². The molecule has 0 rings (SSSR count). The minimum atomic E-state index is -0.764. The zero-order chi connectivity index (χ0) is 13.5. The predicted molar refractivity (Wildman–Crippen MR) is 70.0 cm³/mol. The van der Waals surface area contributed by atoms with Crippen molar-refractivity contribution in [3.63, 3.8) is 0 Å². The topological polar surface area (TPSA) is 50.7 Å². The van der Waals surface area contributed by atoms with Crippen LogP contribution >= 0.6 is 0 Å². The van der Waals surface area contributed by atoms with E-state index < -0.39 is 5.60 Å². The molecule has 0 amide bonds. The summed E-state index contributed by atoms with van der Waals surface area (Å²) in [7, 11) is 0. The second-order valence-corrected chi connectivity index (χ2v) is 5.24. The summed E-state index contributed by atoms with van der Waals surface area (Å²) in [6.45, 7) is 13.6. The standard InChI is InChI=1S/C13H29NO3/c1-7-16-11(17-8-2)9-10-14-12(3,4)13(5,6)15/h11,14-15H,7-10H2,1-6H3. The van der Waals surface area contributed by atoms with E-state index in [0.717, 1.165) is 13.0 Å². The predicted octanol–water partition coefficient (Wildman–Crippen LogP) is 1.91. The third-order valence-electron chi connectivity index (χ3n) is 3.18. The number of aliphatic hydroxyl groups is 1. The lowest BCUT2D eigenvalue weighted by Gasteiger charge is -2.38. The van der Waals surface area contributed by atoms with Gasteiger partial charge >= 0.3 is 0 Å². The fourth-order valence-corrected chi connectivity index (χ4v) is 1.31. The fraction of sp³-hybridized carbons (Fsp3) is 1.00. The first-order valence-electron chi connectivity index (χ1n) is 6.45. The van der Waals surface area contributed by atoms with Gasteiger partial charge in [0.05, 0.1) is 5.60 Å². The smallest absolute Gasteiger partial charge is 0.158 e. The second-order valence-electron chi connectivity index (χ2n) is 5.24. The van der Waals surface area contributed by atoms with Crippen LogP contribution in [0, 0.1) is 0 Å². The van der Waals surface area contributed by atoms with E-state index in [1.165, 1.54) is 0 Å². The van der Waals surface area contributed by atoms with E-state index in [2.05, 4.69) is 5.32 Å². The molecule has 0 saturated carbocycles. The third kappa shape index (κ3) is 6.36. The molecule has 0 aromatic carbocycles. The third-order valence-corrected chi connectivity index (χ3v) is 3.18. The molecule has 0 atom stereocenters. The Balaban J connectivity index is 4.03. The number of hydrogen-bond acceptors (Lipinski definition) is 4. The molecule has 0 fully saturated rings. The molecule has 0 radical (unpaired) electrons. The zero-order valence-electron chi connectivity index (χ0n) is 12.2. The highest BCUT2D eigenvalue weighted by Crippen LogP contribution is 2.20. The minimum Gasteiger partial charge on any atom is -0.389 e. The van der Waals surface area contributed by atoms with Crippen LogP contribution in [0.25, 0.3) is 0 Å². The lowest BCUT2D eigenvalue weighted by Crippen LogP contribution is -2.56. The molecule has 0 spiro atoms. The molecule has 0 aliphatic carbocycles. The van der Waals surface area contributed by atoms with Crippen LogP contribution in [-0.4, -0.2) is 42.3 Å². The maximum atomic E-state index is 9.99. The first kappa shape index (κ1) is 16.8. The average molecular weight is 247 g/mol. The summed E-state index contributed by atoms with van der Waals surface area (Å²) in [4.78, 5) is 0. The van der Waals surface area contributed by atoms with Crippen LogP contribution in [0.3, 0.4) is 0 Å². The van der Waals surface area contributed by atoms with E-state index in [9.17, 15) is 5.11 Å². The van der Waals surface area contributed by atoms with Gasteiger partial charge in [0.1, 0.15) is 0 Å². The van der Waals surface area contributed by atoms with Gasteiger partial charge in [-0.05, 0) is 41.5 Å². The minimum absolute atomic E-state index is 0.157. The molecule has 0 aliphatic heterocycles. The molecule has 104 valence electrons. The van der Waals surface area contributed by atoms with E-state index >= 15 is 0 Å². The van der Waals surface area contributed by atoms with Crippen LogP contribution in [0.15, 0.2) is 0 Å². The number of hydrogen-bond donors (Lipinski definition) is 2. The molecule has 0 aromatic heterocycles. The Morgan fingerprint density at radius 2 is 1.53 bits per heavy atom. The highest BCUT2D eigenvalue weighted by Gasteiger charge is 2.34. The summed E-state index contributed by atoms with van der Waals surface area (Å²) in [5.74, 6) is 0. The van der Waals surface area contributed by atoms with Crippen molar-refractivity contribution in [2.45, 2.75) is 65.4 Å². The van der Waals surface area contributed by atoms with Gasteiger partial charge in [0.25, 0.3) is 0 Å². The van der Waals surface area contributed by atoms with Crippen molar-refractivity contribution in [2.75, 3.05) is 19.8 Å². The quantitative estimate of drug-likeness (QED) is 0.611. The van der Waals surface area contributed by atoms with Crippen molar-refractivity contribution < 1.29 is 14.6 Å². The van der Waals surface area contributed by atoms with E-state index in [1.54, 1.807) is 0 Å². The molecule has 4 heteroatoms. The Kier molecular flexibility index (Phi) is 7.24. The summed E-state index contributed by atoms with van der Waals surface area (Å²) >= 11 is 0. The van der Waals surface area contributed by atoms with Crippen LogP contribution in [-0.2, 0) is 9.47 Å². The first-order valence-corrected chi connectivity index (χ1v) is 6.45. The Labute approximate surface area is 106 Å². The summed E-state index contributed by atoms with van der Waals surface area (Å²) in [5.41, 5.74) is -1.10. The van der Waals surface area contributed by atoms with Crippen LogP contribution in [0.5, 0.6) is 0 Å². The number of nitrogens with one attached hydrogen (secondary N) is 1. The van der Waals surface area contributed by atoms with E-state index in [0.29, 0.717) is 13.2 Å². The van der Waals surface area contributed by atoms with Gasteiger partial charge in [0, 0.05) is 31.7 Å². The van der Waals surface area contributed by atoms with Crippen molar-refractivity contribution in [1.82, 2.24) is 5.32 Å². The Morgan fingerprint density at radius 1 is 1.06 bits per heavy atom. The summed E-state index contributed by atoms with van der Waals surface area (Å²) in [6, 6.07) is 0. The van der Waals surface area contributed by atoms with Crippen molar-refractivity contribution in [3.05, 3.63) is 0 Å². The molecule has 17 heavy (non-hydrogen) atoms. The molecule has 2 N–H and O–H groups in total. The Bertz CT molecular complexity index is 193. The lowest BCUT2D eigenvalue weighted by molar-refractivity contribution is -0.139. The first-order chi connectivity index (χ1) is 7.74. The van der Waals surface area contributed by atoms with Crippen molar-refractivity contribution in [3.8, 4) is 0 Å². The molecule has 0 heterocycles. The van der Waals surface area contributed by atoms with Gasteiger partial charge in [-0.25, -0.2) is 0 Å². The normalized spacial score (nSPS) is 13.4. The van der Waals surface area contributed by atoms with Gasteiger partial charge in [-0.15, -0.1) is 0 Å². The second kappa shape index (κ2) is 7.31. The molecule has 0 unspecified atom stereocenters. The fourth-order valence-electron chi connectivity index (χ4n) is 1.31. The zero-order valence-corrected chi connectivity index (χ0v) is 12.2. The number of rotatable bonds is 9. The highest BCUT2D eigenvalue weighted by atomic mass is 16.7. The largest absolute Gasteiger partial charge is 0.389 e. The van der Waals surface area contributed by atoms with Crippen LogP contribution in [0.2, 0.25) is 0 Å². The SMILES string of the molecule is CCOC(CCNC(C)(C)C(C)(C)O)OCC. The van der Waals surface area contributed by atoms with Gasteiger partial charge < -0.3 is 19.9 Å². The maximum absolute atomic E-state index is 9.99. The van der Waals surface area contributed by atoms with Crippen molar-refractivity contribution in [2.24, 2.45) is 0 Å². The molecule has 0 saturated heterocycles. The molecule has 0 bridgehead atoms. The van der Waals surface area contributed by atoms with Crippen LogP contribution in [0.4, 0.5) is 0 Å². The summed E-state index contributed by atoms with van der Waals surface area (Å²) in [6.07, 6.45) is 0.622. The molecule has 0 aromatic rings. The molecular weight excluding hydrogens is 218 g/mol. The maximum Gasteiger partial charge on any atom is 0.158 e. The van der Waals surface area contributed by atoms with Gasteiger partial charge in [-0.1, -0.05) is 0 Å². The average Bonchev–Trinajstić information content (AvgIpc) is 2.16. The van der Waals surface area contributed by atoms with Crippen LogP contribution in [0.1, 0.15) is 48.0 Å². The molecular formula is C13H29NO3. The Hall–Kier alpha value is -0.160. The van der Waals surface area contributed by atoms with E-state index in [4.69, 9.17) is 9.47 Å². The number of ether oxygens (including phenoxy) is 2. The highest BCUT2D eigenvalue weighted by molar-refractivity contribution is 4.93. The van der Waals surface area contributed by atoms with Gasteiger partial charge in [0.15, 0.2) is 6.29 Å². The molecule has 0 aliphatic rings. The Morgan fingerprint density at radius 3 is 1.88 bits per heavy atom. The van der Waals surface area contributed by atoms with E-state index in [1.807, 2.05) is 41.5 Å². The van der Waals surface area contributed by atoms with Gasteiger partial charge in [0.2, 0.25) is 0 Å². The van der Waals surface area contributed by atoms with Crippen LogP contribution < -0.4 is 5.32 Å². The lowest BCUT2D eigenvalue weighted by atomic mass is 9.86. The molecule has 4 nitrogen and oxygen atoms in total.